The molecular formula is C16H18ClO2P. The molecule has 0 aromatic heterocycles. The van der Waals surface area contributed by atoms with Crippen LogP contribution in [0.5, 0.6) is 11.5 Å². The monoisotopic (exact) mass is 308 g/mol. The summed E-state index contributed by atoms with van der Waals surface area (Å²) in [4.78, 5) is 0. The first-order chi connectivity index (χ1) is 9.77. The van der Waals surface area contributed by atoms with Gasteiger partial charge in [0.1, 0.15) is 11.5 Å². The third-order valence-corrected chi connectivity index (χ3v) is 5.43. The van der Waals surface area contributed by atoms with Gasteiger partial charge in [-0.2, -0.15) is 0 Å². The lowest BCUT2D eigenvalue weighted by atomic mass is 10.3. The zero-order chi connectivity index (χ0) is 14.4. The smallest absolute Gasteiger partial charge is 0.128 e. The van der Waals surface area contributed by atoms with E-state index in [9.17, 15) is 0 Å². The van der Waals surface area contributed by atoms with Crippen LogP contribution in [-0.4, -0.2) is 13.2 Å². The van der Waals surface area contributed by atoms with Crippen molar-refractivity contribution in [3.05, 3.63) is 48.5 Å². The number of rotatable bonds is 6. The van der Waals surface area contributed by atoms with E-state index >= 15 is 0 Å². The largest absolute Gasteiger partial charge is 0.493 e. The third kappa shape index (κ3) is 3.45. The Bertz CT molecular complexity index is 510. The Kier molecular flexibility index (Phi) is 5.70. The highest BCUT2D eigenvalue weighted by molar-refractivity contribution is 7.95. The van der Waals surface area contributed by atoms with Crippen LogP contribution in [0, 0.1) is 0 Å². The lowest BCUT2D eigenvalue weighted by Crippen LogP contribution is -2.14. The molecule has 0 heterocycles. The summed E-state index contributed by atoms with van der Waals surface area (Å²) in [5, 5.41) is 2.05. The Morgan fingerprint density at radius 1 is 0.800 bits per heavy atom. The fourth-order valence-electron chi connectivity index (χ4n) is 1.92. The van der Waals surface area contributed by atoms with Gasteiger partial charge < -0.3 is 9.47 Å². The van der Waals surface area contributed by atoms with E-state index in [1.165, 1.54) is 0 Å². The number of ether oxygens (including phenoxy) is 2. The Morgan fingerprint density at radius 3 is 1.60 bits per heavy atom. The van der Waals surface area contributed by atoms with Gasteiger partial charge in [-0.1, -0.05) is 35.5 Å². The van der Waals surface area contributed by atoms with Gasteiger partial charge in [-0.25, -0.2) is 0 Å². The molecule has 20 heavy (non-hydrogen) atoms. The minimum absolute atomic E-state index is 0.629. The van der Waals surface area contributed by atoms with Crippen molar-refractivity contribution < 1.29 is 9.47 Å². The molecule has 0 N–H and O–H groups in total. The zero-order valence-corrected chi connectivity index (χ0v) is 13.3. The summed E-state index contributed by atoms with van der Waals surface area (Å²) >= 11 is 6.72. The molecule has 0 aliphatic heterocycles. The molecule has 2 nitrogen and oxygen atoms in total. The van der Waals surface area contributed by atoms with E-state index in [0.717, 1.165) is 22.1 Å². The van der Waals surface area contributed by atoms with Gasteiger partial charge in [0.2, 0.25) is 0 Å². The Morgan fingerprint density at radius 2 is 1.20 bits per heavy atom. The van der Waals surface area contributed by atoms with Crippen LogP contribution in [-0.2, 0) is 0 Å². The quantitative estimate of drug-likeness (QED) is 0.749. The molecule has 0 radical (unpaired) electrons. The summed E-state index contributed by atoms with van der Waals surface area (Å²) in [6, 6.07) is 15.8. The lowest BCUT2D eigenvalue weighted by Gasteiger charge is -2.17. The number of hydrogen-bond donors (Lipinski definition) is 0. The molecule has 0 fully saturated rings. The Hall–Kier alpha value is -1.24. The van der Waals surface area contributed by atoms with Crippen LogP contribution in [0.3, 0.4) is 0 Å². The molecule has 106 valence electrons. The molecule has 0 saturated carbocycles. The van der Waals surface area contributed by atoms with Crippen molar-refractivity contribution in [2.75, 3.05) is 13.2 Å². The molecule has 2 aromatic rings. The van der Waals surface area contributed by atoms with Crippen molar-refractivity contribution in [3.63, 3.8) is 0 Å². The molecule has 0 saturated heterocycles. The molecule has 0 amide bonds. The first-order valence-corrected chi connectivity index (χ1v) is 8.92. The first-order valence-electron chi connectivity index (χ1n) is 6.67. The van der Waals surface area contributed by atoms with Crippen molar-refractivity contribution in [2.45, 2.75) is 13.8 Å². The topological polar surface area (TPSA) is 18.5 Å². The maximum Gasteiger partial charge on any atom is 0.128 e. The number of halogens is 1. The van der Waals surface area contributed by atoms with Gasteiger partial charge in [-0.3, -0.25) is 0 Å². The predicted octanol–water partition coefficient (Wildman–Crippen LogP) is 4.07. The summed E-state index contributed by atoms with van der Waals surface area (Å²) in [5.41, 5.74) is 0. The highest BCUT2D eigenvalue weighted by Crippen LogP contribution is 2.44. The Balaban J connectivity index is 2.38. The second-order valence-corrected chi connectivity index (χ2v) is 6.62. The predicted molar refractivity (Wildman–Crippen MR) is 87.3 cm³/mol. The molecule has 0 unspecified atom stereocenters. The van der Waals surface area contributed by atoms with Crippen molar-refractivity contribution in [1.29, 1.82) is 0 Å². The number of hydrogen-bond acceptors (Lipinski definition) is 2. The second kappa shape index (κ2) is 7.52. The maximum absolute atomic E-state index is 6.72. The van der Waals surface area contributed by atoms with Crippen LogP contribution in [0.2, 0.25) is 0 Å². The fraction of sp³-hybridized carbons (Fsp3) is 0.250. The van der Waals surface area contributed by atoms with Gasteiger partial charge in [-0.15, -0.1) is 0 Å². The van der Waals surface area contributed by atoms with Gasteiger partial charge in [-0.05, 0) is 38.1 Å². The van der Waals surface area contributed by atoms with Crippen LogP contribution >= 0.6 is 18.5 Å². The molecule has 2 rings (SSSR count). The van der Waals surface area contributed by atoms with Crippen LogP contribution in [0.15, 0.2) is 48.5 Å². The summed E-state index contributed by atoms with van der Waals surface area (Å²) < 4.78 is 11.3. The first kappa shape index (κ1) is 15.2. The SMILES string of the molecule is CCOc1ccccc1P(Cl)c1ccccc1OCC. The van der Waals surface area contributed by atoms with Crippen LogP contribution < -0.4 is 20.1 Å². The highest BCUT2D eigenvalue weighted by atomic mass is 35.7. The summed E-state index contributed by atoms with van der Waals surface area (Å²) in [6.07, 6.45) is 0. The average molecular weight is 309 g/mol. The van der Waals surface area contributed by atoms with E-state index in [1.54, 1.807) is 0 Å². The zero-order valence-electron chi connectivity index (χ0n) is 11.7. The van der Waals surface area contributed by atoms with Crippen molar-refractivity contribution in [3.8, 4) is 11.5 Å². The highest BCUT2D eigenvalue weighted by Gasteiger charge is 2.19. The summed E-state index contributed by atoms with van der Waals surface area (Å²) in [7, 11) is -1.01. The van der Waals surface area contributed by atoms with E-state index in [2.05, 4.69) is 0 Å². The molecule has 4 heteroatoms. The standard InChI is InChI=1S/C16H18ClO2P/c1-3-18-13-9-5-7-11-15(13)20(17)16-12-8-6-10-14(16)19-4-2/h5-12H,3-4H2,1-2H3. The summed E-state index contributed by atoms with van der Waals surface area (Å²) in [5.74, 6) is 1.70. The maximum atomic E-state index is 6.72. The van der Waals surface area contributed by atoms with Gasteiger partial charge in [0.15, 0.2) is 0 Å². The van der Waals surface area contributed by atoms with Crippen LogP contribution in [0.1, 0.15) is 13.8 Å². The van der Waals surface area contributed by atoms with Crippen molar-refractivity contribution >= 4 is 29.1 Å². The van der Waals surface area contributed by atoms with Gasteiger partial charge in [0.05, 0.1) is 20.5 Å². The molecule has 0 aliphatic rings. The molecular weight excluding hydrogens is 291 g/mol. The van der Waals surface area contributed by atoms with E-state index in [0.29, 0.717) is 13.2 Å². The van der Waals surface area contributed by atoms with Crippen molar-refractivity contribution in [2.24, 2.45) is 0 Å². The normalized spacial score (nSPS) is 10.6. The van der Waals surface area contributed by atoms with Crippen molar-refractivity contribution in [1.82, 2.24) is 0 Å². The lowest BCUT2D eigenvalue weighted by molar-refractivity contribution is 0.342. The summed E-state index contributed by atoms with van der Waals surface area (Å²) in [6.45, 7) is 5.21. The molecule has 2 aromatic carbocycles. The molecule has 0 atom stereocenters. The third-order valence-electron chi connectivity index (χ3n) is 2.75. The van der Waals surface area contributed by atoms with E-state index in [4.69, 9.17) is 20.7 Å². The average Bonchev–Trinajstić information content (AvgIpc) is 2.48. The second-order valence-electron chi connectivity index (χ2n) is 4.08. The Labute approximate surface area is 126 Å². The van der Waals surface area contributed by atoms with E-state index in [-0.39, 0.29) is 0 Å². The van der Waals surface area contributed by atoms with Crippen LogP contribution in [0.25, 0.3) is 0 Å². The minimum atomic E-state index is -1.01. The van der Waals surface area contributed by atoms with Crippen LogP contribution in [0.4, 0.5) is 0 Å². The molecule has 0 aliphatic carbocycles. The molecule has 0 bridgehead atoms. The van der Waals surface area contributed by atoms with Gasteiger partial charge in [0.25, 0.3) is 0 Å². The fourth-order valence-corrected chi connectivity index (χ4v) is 4.12. The molecule has 0 spiro atoms. The number of para-hydroxylation sites is 2. The minimum Gasteiger partial charge on any atom is -0.493 e. The van der Waals surface area contributed by atoms with Gasteiger partial charge in [0, 0.05) is 10.6 Å². The van der Waals surface area contributed by atoms with E-state index < -0.39 is 7.27 Å². The van der Waals surface area contributed by atoms with Gasteiger partial charge >= 0.3 is 0 Å². The van der Waals surface area contributed by atoms with E-state index in [1.807, 2.05) is 62.4 Å². The number of benzene rings is 2.